The summed E-state index contributed by atoms with van der Waals surface area (Å²) >= 11 is 0. The molecule has 1 N–H and O–H groups in total. The Morgan fingerprint density at radius 1 is 1.31 bits per heavy atom. The summed E-state index contributed by atoms with van der Waals surface area (Å²) in [5, 5.41) is 10.5. The Bertz CT molecular complexity index is 562. The SMILES string of the molecule is C=C1CC/C=C(\C)CC[C@@H]2C[C@@H](OC(C)=O)[C@](C)(CC[C@H]1O)OC2(C)C. The summed E-state index contributed by atoms with van der Waals surface area (Å²) in [6, 6.07) is 0. The van der Waals surface area contributed by atoms with E-state index in [9.17, 15) is 9.90 Å². The fraction of sp³-hybridized carbons (Fsp3) is 0.773. The zero-order valence-electron chi connectivity index (χ0n) is 17.1. The van der Waals surface area contributed by atoms with Crippen molar-refractivity contribution in [2.24, 2.45) is 5.92 Å². The Hall–Kier alpha value is -1.13. The molecule has 0 unspecified atom stereocenters. The summed E-state index contributed by atoms with van der Waals surface area (Å²) in [6.07, 6.45) is 7.19. The number of fused-ring (bicyclic) bond motifs is 10. The maximum atomic E-state index is 11.7. The van der Waals surface area contributed by atoms with Crippen LogP contribution < -0.4 is 0 Å². The molecule has 0 aromatic carbocycles. The zero-order valence-corrected chi connectivity index (χ0v) is 17.1. The highest BCUT2D eigenvalue weighted by Crippen LogP contribution is 2.45. The molecule has 148 valence electrons. The van der Waals surface area contributed by atoms with E-state index in [0.717, 1.165) is 37.7 Å². The van der Waals surface area contributed by atoms with Crippen molar-refractivity contribution in [3.05, 3.63) is 23.8 Å². The molecule has 3 rings (SSSR count). The van der Waals surface area contributed by atoms with E-state index in [1.807, 2.05) is 6.92 Å². The predicted octanol–water partition coefficient (Wildman–Crippen LogP) is 4.71. The van der Waals surface area contributed by atoms with Gasteiger partial charge in [0.2, 0.25) is 0 Å². The third-order valence-electron chi connectivity index (χ3n) is 6.20. The van der Waals surface area contributed by atoms with E-state index in [-0.39, 0.29) is 17.7 Å². The fourth-order valence-corrected chi connectivity index (χ4v) is 4.39. The van der Waals surface area contributed by atoms with E-state index in [1.165, 1.54) is 12.5 Å². The second-order valence-corrected chi connectivity index (χ2v) is 8.89. The highest BCUT2D eigenvalue weighted by Gasteiger charge is 2.50. The Balaban J connectivity index is 2.32. The largest absolute Gasteiger partial charge is 0.459 e. The topological polar surface area (TPSA) is 55.8 Å². The van der Waals surface area contributed by atoms with Gasteiger partial charge in [-0.2, -0.15) is 0 Å². The van der Waals surface area contributed by atoms with E-state index in [1.54, 1.807) is 0 Å². The lowest BCUT2D eigenvalue weighted by Gasteiger charge is -2.52. The van der Waals surface area contributed by atoms with Crippen molar-refractivity contribution in [1.82, 2.24) is 0 Å². The quantitative estimate of drug-likeness (QED) is 0.541. The lowest BCUT2D eigenvalue weighted by molar-refractivity contribution is -0.252. The number of carbonyl (C=O) groups excluding carboxylic acids is 1. The second-order valence-electron chi connectivity index (χ2n) is 8.89. The Labute approximate surface area is 158 Å². The van der Waals surface area contributed by atoms with Gasteiger partial charge in [-0.25, -0.2) is 0 Å². The summed E-state index contributed by atoms with van der Waals surface area (Å²) < 4.78 is 12.3. The molecule has 0 saturated carbocycles. The first-order valence-electron chi connectivity index (χ1n) is 9.92. The molecule has 0 spiro atoms. The van der Waals surface area contributed by atoms with Crippen molar-refractivity contribution < 1.29 is 19.4 Å². The molecule has 1 fully saturated rings. The van der Waals surface area contributed by atoms with Gasteiger partial charge in [0.25, 0.3) is 0 Å². The van der Waals surface area contributed by atoms with Gasteiger partial charge < -0.3 is 14.6 Å². The fourth-order valence-electron chi connectivity index (χ4n) is 4.39. The first kappa shape index (κ1) is 21.2. The number of allylic oxidation sites excluding steroid dienone is 2. The van der Waals surface area contributed by atoms with Crippen LogP contribution in [0.2, 0.25) is 0 Å². The van der Waals surface area contributed by atoms with Crippen LogP contribution in [0.25, 0.3) is 0 Å². The van der Waals surface area contributed by atoms with Crippen LogP contribution in [0.3, 0.4) is 0 Å². The number of esters is 1. The number of aliphatic hydroxyl groups excluding tert-OH is 1. The highest BCUT2D eigenvalue weighted by molar-refractivity contribution is 5.66. The smallest absolute Gasteiger partial charge is 0.303 e. The average molecular weight is 365 g/mol. The van der Waals surface area contributed by atoms with Crippen LogP contribution in [-0.2, 0) is 14.3 Å². The molecule has 1 saturated heterocycles. The van der Waals surface area contributed by atoms with Crippen molar-refractivity contribution in [3.63, 3.8) is 0 Å². The van der Waals surface area contributed by atoms with Crippen LogP contribution in [0.15, 0.2) is 23.8 Å². The highest BCUT2D eigenvalue weighted by atomic mass is 16.6. The van der Waals surface area contributed by atoms with Crippen LogP contribution in [0.5, 0.6) is 0 Å². The van der Waals surface area contributed by atoms with Gasteiger partial charge in [0.15, 0.2) is 0 Å². The van der Waals surface area contributed by atoms with Crippen molar-refractivity contribution in [2.75, 3.05) is 0 Å². The second kappa shape index (κ2) is 8.26. The van der Waals surface area contributed by atoms with Gasteiger partial charge in [-0.3, -0.25) is 4.79 Å². The molecule has 4 heteroatoms. The first-order chi connectivity index (χ1) is 12.0. The molecule has 4 atom stereocenters. The number of hydrogen-bond donors (Lipinski definition) is 1. The minimum absolute atomic E-state index is 0.273. The molecule has 26 heavy (non-hydrogen) atoms. The van der Waals surface area contributed by atoms with Gasteiger partial charge in [-0.15, -0.1) is 0 Å². The van der Waals surface area contributed by atoms with Crippen LogP contribution >= 0.6 is 0 Å². The van der Waals surface area contributed by atoms with Crippen LogP contribution in [0.1, 0.15) is 79.6 Å². The lowest BCUT2D eigenvalue weighted by Crippen LogP contribution is -2.58. The Kier molecular flexibility index (Phi) is 6.73. The van der Waals surface area contributed by atoms with E-state index >= 15 is 0 Å². The van der Waals surface area contributed by atoms with Crippen molar-refractivity contribution in [3.8, 4) is 0 Å². The standard InChI is InChI=1S/C22H36O4/c1-15-8-7-9-16(2)19(24)12-13-22(6)20(25-17(3)23)14-18(11-10-15)21(4,5)26-22/h8,18-20,24H,2,7,9-14H2,1,3-6H3/b15-8+/t18-,19-,20-,22+/m1/s1. The number of aliphatic hydroxyl groups is 1. The number of hydrogen-bond acceptors (Lipinski definition) is 4. The van der Waals surface area contributed by atoms with Gasteiger partial charge in [0.1, 0.15) is 11.7 Å². The molecule has 1 aliphatic carbocycles. The molecule has 2 heterocycles. The van der Waals surface area contributed by atoms with E-state index in [4.69, 9.17) is 9.47 Å². The average Bonchev–Trinajstić information content (AvgIpc) is 2.52. The lowest BCUT2D eigenvalue weighted by atomic mass is 9.73. The van der Waals surface area contributed by atoms with Crippen molar-refractivity contribution in [2.45, 2.75) is 103 Å². The monoisotopic (exact) mass is 364 g/mol. The Morgan fingerprint density at radius 3 is 2.65 bits per heavy atom. The molecular weight excluding hydrogens is 328 g/mol. The van der Waals surface area contributed by atoms with Gasteiger partial charge in [-0.05, 0) is 84.1 Å². The van der Waals surface area contributed by atoms with Gasteiger partial charge >= 0.3 is 5.97 Å². The van der Waals surface area contributed by atoms with E-state index in [2.05, 4.69) is 33.4 Å². The summed E-state index contributed by atoms with van der Waals surface area (Å²) in [5.41, 5.74) is 1.34. The van der Waals surface area contributed by atoms with E-state index in [0.29, 0.717) is 18.8 Å². The third-order valence-corrected chi connectivity index (χ3v) is 6.20. The third kappa shape index (κ3) is 5.20. The molecule has 2 bridgehead atoms. The van der Waals surface area contributed by atoms with Gasteiger partial charge in [0.05, 0.1) is 11.7 Å². The van der Waals surface area contributed by atoms with Crippen LogP contribution in [-0.4, -0.2) is 34.5 Å². The molecule has 0 aromatic heterocycles. The molecular formula is C22H36O4. The summed E-state index contributed by atoms with van der Waals surface area (Å²) in [5.74, 6) is 0.0523. The number of ether oxygens (including phenoxy) is 2. The summed E-state index contributed by atoms with van der Waals surface area (Å²) in [4.78, 5) is 11.7. The van der Waals surface area contributed by atoms with Crippen LogP contribution in [0, 0.1) is 5.92 Å². The van der Waals surface area contributed by atoms with Crippen molar-refractivity contribution in [1.29, 1.82) is 0 Å². The summed E-state index contributed by atoms with van der Waals surface area (Å²) in [6.45, 7) is 14.0. The molecule has 2 aliphatic heterocycles. The van der Waals surface area contributed by atoms with Crippen molar-refractivity contribution >= 4 is 5.97 Å². The normalized spacial score (nSPS) is 38.2. The molecule has 0 amide bonds. The summed E-state index contributed by atoms with van der Waals surface area (Å²) in [7, 11) is 0. The van der Waals surface area contributed by atoms with E-state index < -0.39 is 11.7 Å². The molecule has 0 radical (unpaired) electrons. The molecule has 0 aromatic rings. The number of rotatable bonds is 1. The minimum Gasteiger partial charge on any atom is -0.459 e. The van der Waals surface area contributed by atoms with Crippen LogP contribution in [0.4, 0.5) is 0 Å². The maximum Gasteiger partial charge on any atom is 0.303 e. The molecule has 3 aliphatic rings. The molecule has 4 nitrogen and oxygen atoms in total. The number of carbonyl (C=O) groups is 1. The minimum atomic E-state index is -0.595. The maximum absolute atomic E-state index is 11.7. The zero-order chi connectivity index (χ0) is 19.5. The Morgan fingerprint density at radius 2 is 2.00 bits per heavy atom. The first-order valence-corrected chi connectivity index (χ1v) is 9.92. The predicted molar refractivity (Wildman–Crippen MR) is 104 cm³/mol. The van der Waals surface area contributed by atoms with Gasteiger partial charge in [-0.1, -0.05) is 18.2 Å². The van der Waals surface area contributed by atoms with Gasteiger partial charge in [0, 0.05) is 6.92 Å².